The van der Waals surface area contributed by atoms with E-state index in [0.717, 1.165) is 24.2 Å². The predicted molar refractivity (Wildman–Crippen MR) is 102 cm³/mol. The van der Waals surface area contributed by atoms with Crippen molar-refractivity contribution in [3.8, 4) is 11.5 Å². The van der Waals surface area contributed by atoms with Crippen molar-refractivity contribution in [2.75, 3.05) is 13.7 Å². The number of halogens is 1. The first-order valence-electron chi connectivity index (χ1n) is 8.63. The van der Waals surface area contributed by atoms with E-state index in [0.29, 0.717) is 10.9 Å². The van der Waals surface area contributed by atoms with Crippen molar-refractivity contribution in [2.24, 2.45) is 11.7 Å². The monoisotopic (exact) mass is 388 g/mol. The Labute approximate surface area is 162 Å². The van der Waals surface area contributed by atoms with Gasteiger partial charge in [0.05, 0.1) is 18.7 Å². The molecule has 0 bridgehead atoms. The SMILES string of the molecule is COc1ccc(C(NC(=O)COc2ccc(Cl)cc2C(N)=O)C2CC2)cc1. The van der Waals surface area contributed by atoms with E-state index >= 15 is 0 Å². The van der Waals surface area contributed by atoms with Crippen molar-refractivity contribution in [3.05, 3.63) is 58.6 Å². The van der Waals surface area contributed by atoms with Crippen LogP contribution >= 0.6 is 11.6 Å². The molecule has 7 heteroatoms. The average Bonchev–Trinajstić information content (AvgIpc) is 3.50. The Morgan fingerprint density at radius 1 is 1.22 bits per heavy atom. The molecule has 2 aromatic carbocycles. The minimum absolute atomic E-state index is 0.0761. The van der Waals surface area contributed by atoms with Crippen LogP contribution in [0.25, 0.3) is 0 Å². The second-order valence-corrected chi connectivity index (χ2v) is 6.89. The van der Waals surface area contributed by atoms with Gasteiger partial charge in [-0.2, -0.15) is 0 Å². The van der Waals surface area contributed by atoms with Crippen LogP contribution < -0.4 is 20.5 Å². The fourth-order valence-corrected chi connectivity index (χ4v) is 3.07. The van der Waals surface area contributed by atoms with Crippen molar-refractivity contribution >= 4 is 23.4 Å². The number of hydrogen-bond donors (Lipinski definition) is 2. The first kappa shape index (κ1) is 19.0. The van der Waals surface area contributed by atoms with Crippen LogP contribution in [0, 0.1) is 5.92 Å². The van der Waals surface area contributed by atoms with Crippen molar-refractivity contribution in [1.82, 2.24) is 5.32 Å². The highest BCUT2D eigenvalue weighted by Crippen LogP contribution is 2.41. The van der Waals surface area contributed by atoms with Crippen molar-refractivity contribution in [1.29, 1.82) is 0 Å². The first-order chi connectivity index (χ1) is 13.0. The van der Waals surface area contributed by atoms with Crippen LogP contribution in [0.5, 0.6) is 11.5 Å². The number of primary amides is 1. The number of ether oxygens (including phenoxy) is 2. The van der Waals surface area contributed by atoms with Crippen molar-refractivity contribution in [3.63, 3.8) is 0 Å². The van der Waals surface area contributed by atoms with Crippen molar-refractivity contribution < 1.29 is 19.1 Å². The van der Waals surface area contributed by atoms with Gasteiger partial charge in [-0.3, -0.25) is 9.59 Å². The van der Waals surface area contributed by atoms with Crippen LogP contribution in [0.3, 0.4) is 0 Å². The lowest BCUT2D eigenvalue weighted by Gasteiger charge is -2.19. The molecule has 1 aliphatic carbocycles. The van der Waals surface area contributed by atoms with E-state index in [-0.39, 0.29) is 29.9 Å². The van der Waals surface area contributed by atoms with E-state index < -0.39 is 5.91 Å². The Morgan fingerprint density at radius 2 is 1.93 bits per heavy atom. The van der Waals surface area contributed by atoms with Gasteiger partial charge in [-0.25, -0.2) is 0 Å². The number of methoxy groups -OCH3 is 1. The average molecular weight is 389 g/mol. The van der Waals surface area contributed by atoms with Gasteiger partial charge in [0, 0.05) is 5.02 Å². The second kappa shape index (κ2) is 8.31. The summed E-state index contributed by atoms with van der Waals surface area (Å²) in [4.78, 5) is 23.9. The molecular weight excluding hydrogens is 368 g/mol. The van der Waals surface area contributed by atoms with Gasteiger partial charge >= 0.3 is 0 Å². The molecule has 6 nitrogen and oxygen atoms in total. The number of carbonyl (C=O) groups is 2. The van der Waals surface area contributed by atoms with Crippen molar-refractivity contribution in [2.45, 2.75) is 18.9 Å². The summed E-state index contributed by atoms with van der Waals surface area (Å²) in [6.07, 6.45) is 2.14. The standard InChI is InChI=1S/C20H21ClN2O4/c1-26-15-7-4-13(5-8-15)19(12-2-3-12)23-18(24)11-27-17-9-6-14(21)10-16(17)20(22)25/h4-10,12,19H,2-3,11H2,1H3,(H2,22,25)(H,23,24). The Morgan fingerprint density at radius 3 is 2.52 bits per heavy atom. The summed E-state index contributed by atoms with van der Waals surface area (Å²) in [7, 11) is 1.61. The van der Waals surface area contributed by atoms with E-state index in [1.165, 1.54) is 12.1 Å². The number of nitrogens with two attached hydrogens (primary N) is 1. The quantitative estimate of drug-likeness (QED) is 0.727. The highest BCUT2D eigenvalue weighted by atomic mass is 35.5. The Hall–Kier alpha value is -2.73. The summed E-state index contributed by atoms with van der Waals surface area (Å²) in [5, 5.41) is 3.39. The van der Waals surface area contributed by atoms with Gasteiger partial charge in [0.15, 0.2) is 6.61 Å². The summed E-state index contributed by atoms with van der Waals surface area (Å²) in [6.45, 7) is -0.221. The third-order valence-corrected chi connectivity index (χ3v) is 4.69. The summed E-state index contributed by atoms with van der Waals surface area (Å²) < 4.78 is 10.7. The zero-order chi connectivity index (χ0) is 19.4. The molecule has 3 N–H and O–H groups in total. The zero-order valence-corrected chi connectivity index (χ0v) is 15.7. The molecule has 0 aliphatic heterocycles. The predicted octanol–water partition coefficient (Wildman–Crippen LogP) is 3.09. The minimum Gasteiger partial charge on any atom is -0.497 e. The number of carbonyl (C=O) groups excluding carboxylic acids is 2. The van der Waals surface area contributed by atoms with E-state index in [2.05, 4.69) is 5.32 Å². The van der Waals surface area contributed by atoms with Gasteiger partial charge in [-0.05, 0) is 54.7 Å². The van der Waals surface area contributed by atoms with E-state index in [4.69, 9.17) is 26.8 Å². The summed E-state index contributed by atoms with van der Waals surface area (Å²) in [5.74, 6) is 0.480. The largest absolute Gasteiger partial charge is 0.497 e. The molecule has 1 fully saturated rings. The highest BCUT2D eigenvalue weighted by molar-refractivity contribution is 6.31. The molecule has 2 aromatic rings. The number of benzene rings is 2. The summed E-state index contributed by atoms with van der Waals surface area (Å²) in [6, 6.07) is 12.1. The Kier molecular flexibility index (Phi) is 5.86. The Balaban J connectivity index is 1.64. The zero-order valence-electron chi connectivity index (χ0n) is 14.9. The molecule has 2 amide bonds. The Bertz CT molecular complexity index is 834. The molecule has 0 radical (unpaired) electrons. The molecule has 1 atom stereocenters. The van der Waals surface area contributed by atoms with E-state index in [9.17, 15) is 9.59 Å². The fraction of sp³-hybridized carbons (Fsp3) is 0.300. The number of hydrogen-bond acceptors (Lipinski definition) is 4. The molecule has 27 heavy (non-hydrogen) atoms. The minimum atomic E-state index is -0.665. The maximum Gasteiger partial charge on any atom is 0.258 e. The summed E-state index contributed by atoms with van der Waals surface area (Å²) >= 11 is 5.87. The van der Waals surface area contributed by atoms with Crippen LogP contribution in [0.2, 0.25) is 5.02 Å². The van der Waals surface area contributed by atoms with E-state index in [1.54, 1.807) is 13.2 Å². The molecular formula is C20H21ClN2O4. The number of nitrogens with one attached hydrogen (secondary N) is 1. The van der Waals surface area contributed by atoms with Crippen LogP contribution in [0.1, 0.15) is 34.8 Å². The molecule has 3 rings (SSSR count). The molecule has 1 aliphatic rings. The fourth-order valence-electron chi connectivity index (χ4n) is 2.89. The van der Waals surface area contributed by atoms with Crippen LogP contribution in [0.15, 0.2) is 42.5 Å². The first-order valence-corrected chi connectivity index (χ1v) is 9.01. The van der Waals surface area contributed by atoms with Gasteiger partial charge < -0.3 is 20.5 Å². The summed E-state index contributed by atoms with van der Waals surface area (Å²) in [5.41, 5.74) is 6.50. The van der Waals surface area contributed by atoms with E-state index in [1.807, 2.05) is 24.3 Å². The maximum atomic E-state index is 12.4. The lowest BCUT2D eigenvalue weighted by Crippen LogP contribution is -2.34. The second-order valence-electron chi connectivity index (χ2n) is 6.45. The van der Waals surface area contributed by atoms with Crippen LogP contribution in [-0.2, 0) is 4.79 Å². The van der Waals surface area contributed by atoms with Gasteiger partial charge in [-0.1, -0.05) is 23.7 Å². The molecule has 0 aromatic heterocycles. The maximum absolute atomic E-state index is 12.4. The van der Waals surface area contributed by atoms with Crippen LogP contribution in [0.4, 0.5) is 0 Å². The smallest absolute Gasteiger partial charge is 0.258 e. The van der Waals surface area contributed by atoms with Gasteiger partial charge in [0.1, 0.15) is 11.5 Å². The third-order valence-electron chi connectivity index (χ3n) is 4.45. The third kappa shape index (κ3) is 4.92. The molecule has 142 valence electrons. The molecule has 0 heterocycles. The van der Waals surface area contributed by atoms with Gasteiger partial charge in [0.25, 0.3) is 11.8 Å². The normalized spacial score (nSPS) is 14.3. The molecule has 1 saturated carbocycles. The molecule has 0 spiro atoms. The lowest BCUT2D eigenvalue weighted by atomic mass is 10.0. The lowest BCUT2D eigenvalue weighted by molar-refractivity contribution is -0.124. The van der Waals surface area contributed by atoms with Crippen LogP contribution in [-0.4, -0.2) is 25.5 Å². The highest BCUT2D eigenvalue weighted by Gasteiger charge is 2.33. The molecule has 0 saturated heterocycles. The number of rotatable bonds is 8. The van der Waals surface area contributed by atoms with Gasteiger partial charge in [0.2, 0.25) is 0 Å². The number of amides is 2. The molecule has 1 unspecified atom stereocenters. The topological polar surface area (TPSA) is 90.7 Å². The van der Waals surface area contributed by atoms with Gasteiger partial charge in [-0.15, -0.1) is 0 Å².